The fraction of sp³-hybridized carbons (Fsp3) is 0.375. The van der Waals surface area contributed by atoms with Crippen molar-refractivity contribution in [1.82, 2.24) is 0 Å². The van der Waals surface area contributed by atoms with Gasteiger partial charge >= 0.3 is 5.97 Å². The predicted octanol–water partition coefficient (Wildman–Crippen LogP) is 2.60. The van der Waals surface area contributed by atoms with E-state index >= 15 is 0 Å². The lowest BCUT2D eigenvalue weighted by Crippen LogP contribution is -2.36. The number of carbonyl (C=O) groups is 2. The van der Waals surface area contributed by atoms with Crippen LogP contribution in [0.4, 0.5) is 10.1 Å². The van der Waals surface area contributed by atoms with Crippen LogP contribution in [-0.4, -0.2) is 17.0 Å². The molecule has 4 atom stereocenters. The number of benzene rings is 1. The van der Waals surface area contributed by atoms with Crippen LogP contribution in [0.3, 0.4) is 0 Å². The van der Waals surface area contributed by atoms with Crippen LogP contribution in [-0.2, 0) is 9.59 Å². The molecule has 1 fully saturated rings. The van der Waals surface area contributed by atoms with Crippen LogP contribution in [0.1, 0.15) is 12.0 Å². The second-order valence-corrected chi connectivity index (χ2v) is 5.79. The second-order valence-electron chi connectivity index (χ2n) is 5.79. The van der Waals surface area contributed by atoms with Gasteiger partial charge in [0.1, 0.15) is 5.82 Å². The van der Waals surface area contributed by atoms with Crippen LogP contribution in [0.2, 0.25) is 0 Å². The van der Waals surface area contributed by atoms with Gasteiger partial charge < -0.3 is 10.4 Å². The number of rotatable bonds is 3. The minimum absolute atomic E-state index is 0.0168. The standard InChI is InChI=1S/C16H16FNO3/c1-8-6-11(17)4-5-12(8)18-15(19)13-9-2-3-10(7-9)14(13)16(20)21/h2-6,9-10,13-14H,7H2,1H3,(H,18,19)(H,20,21)/t9-,10-,13-,14+/m0/s1. The molecule has 0 unspecified atom stereocenters. The van der Waals surface area contributed by atoms with Crippen molar-refractivity contribution >= 4 is 17.6 Å². The summed E-state index contributed by atoms with van der Waals surface area (Å²) in [5, 5.41) is 12.1. The van der Waals surface area contributed by atoms with Crippen molar-refractivity contribution in [2.45, 2.75) is 13.3 Å². The lowest BCUT2D eigenvalue weighted by Gasteiger charge is -2.24. The molecule has 2 aliphatic rings. The number of allylic oxidation sites excluding steroid dienone is 2. The van der Waals surface area contributed by atoms with E-state index in [0.29, 0.717) is 11.3 Å². The number of carboxylic acid groups (broad SMARTS) is 1. The van der Waals surface area contributed by atoms with Gasteiger partial charge in [-0.2, -0.15) is 0 Å². The third-order valence-electron chi connectivity index (χ3n) is 4.49. The highest BCUT2D eigenvalue weighted by atomic mass is 19.1. The average molecular weight is 289 g/mol. The number of amides is 1. The predicted molar refractivity (Wildman–Crippen MR) is 75.1 cm³/mol. The quantitative estimate of drug-likeness (QED) is 0.841. The smallest absolute Gasteiger partial charge is 0.307 e. The van der Waals surface area contributed by atoms with Gasteiger partial charge in [-0.05, 0) is 48.9 Å². The molecule has 0 aliphatic heterocycles. The zero-order chi connectivity index (χ0) is 15.1. The normalized spacial score (nSPS) is 29.6. The highest BCUT2D eigenvalue weighted by molar-refractivity contribution is 5.96. The number of nitrogens with one attached hydrogen (secondary N) is 1. The fourth-order valence-electron chi connectivity index (χ4n) is 3.50. The molecule has 0 aromatic heterocycles. The number of hydrogen-bond acceptors (Lipinski definition) is 2. The van der Waals surface area contributed by atoms with Gasteiger partial charge in [-0.3, -0.25) is 9.59 Å². The summed E-state index contributed by atoms with van der Waals surface area (Å²) in [7, 11) is 0. The molecule has 1 amide bonds. The van der Waals surface area contributed by atoms with Crippen molar-refractivity contribution in [2.75, 3.05) is 5.32 Å². The van der Waals surface area contributed by atoms with Gasteiger partial charge in [0.2, 0.25) is 5.91 Å². The van der Waals surface area contributed by atoms with E-state index in [1.165, 1.54) is 18.2 Å². The van der Waals surface area contributed by atoms with Crippen LogP contribution in [0.25, 0.3) is 0 Å². The molecule has 0 heterocycles. The summed E-state index contributed by atoms with van der Waals surface area (Å²) in [4.78, 5) is 23.9. The Hall–Kier alpha value is -2.17. The number of carbonyl (C=O) groups excluding carboxylic acids is 1. The summed E-state index contributed by atoms with van der Waals surface area (Å²) in [5.74, 6) is -2.88. The van der Waals surface area contributed by atoms with Crippen molar-refractivity contribution in [2.24, 2.45) is 23.7 Å². The number of aryl methyl sites for hydroxylation is 1. The number of hydrogen-bond donors (Lipinski definition) is 2. The van der Waals surface area contributed by atoms with Crippen LogP contribution in [0.15, 0.2) is 30.4 Å². The largest absolute Gasteiger partial charge is 0.481 e. The van der Waals surface area contributed by atoms with Crippen LogP contribution in [0, 0.1) is 36.4 Å². The Labute approximate surface area is 121 Å². The van der Waals surface area contributed by atoms with Gasteiger partial charge in [-0.1, -0.05) is 12.2 Å². The van der Waals surface area contributed by atoms with E-state index in [1.54, 1.807) is 6.92 Å². The van der Waals surface area contributed by atoms with Crippen molar-refractivity contribution in [3.05, 3.63) is 41.7 Å². The molecule has 1 aromatic carbocycles. The number of halogens is 1. The molecule has 2 aliphatic carbocycles. The van der Waals surface area contributed by atoms with E-state index in [1.807, 2.05) is 12.2 Å². The SMILES string of the molecule is Cc1cc(F)ccc1NC(=O)[C@@H]1[C@H](C(=O)O)[C@H]2C=C[C@H]1C2. The Morgan fingerprint density at radius 2 is 1.90 bits per heavy atom. The Morgan fingerprint density at radius 1 is 1.24 bits per heavy atom. The minimum Gasteiger partial charge on any atom is -0.481 e. The van der Waals surface area contributed by atoms with E-state index in [4.69, 9.17) is 0 Å². The third-order valence-corrected chi connectivity index (χ3v) is 4.49. The molecule has 2 bridgehead atoms. The molecule has 5 heteroatoms. The van der Waals surface area contributed by atoms with E-state index in [9.17, 15) is 19.1 Å². The Morgan fingerprint density at radius 3 is 2.52 bits per heavy atom. The Kier molecular flexibility index (Phi) is 3.27. The van der Waals surface area contributed by atoms with E-state index in [0.717, 1.165) is 6.42 Å². The first-order valence-electron chi connectivity index (χ1n) is 6.95. The Balaban J connectivity index is 1.82. The monoisotopic (exact) mass is 289 g/mol. The van der Waals surface area contributed by atoms with Crippen LogP contribution < -0.4 is 5.32 Å². The second kappa shape index (κ2) is 4.98. The van der Waals surface area contributed by atoms with Gasteiger partial charge in [0.05, 0.1) is 11.8 Å². The van der Waals surface area contributed by atoms with Crippen molar-refractivity contribution in [1.29, 1.82) is 0 Å². The van der Waals surface area contributed by atoms with E-state index in [-0.39, 0.29) is 23.6 Å². The van der Waals surface area contributed by atoms with Crippen molar-refractivity contribution < 1.29 is 19.1 Å². The molecular weight excluding hydrogens is 273 g/mol. The lowest BCUT2D eigenvalue weighted by molar-refractivity contribution is -0.146. The number of aliphatic carboxylic acids is 1. The maximum absolute atomic E-state index is 13.1. The van der Waals surface area contributed by atoms with Gasteiger partial charge in [0.25, 0.3) is 0 Å². The topological polar surface area (TPSA) is 66.4 Å². The first-order chi connectivity index (χ1) is 9.97. The maximum Gasteiger partial charge on any atom is 0.307 e. The summed E-state index contributed by atoms with van der Waals surface area (Å²) in [6, 6.07) is 4.12. The number of fused-ring (bicyclic) bond motifs is 2. The summed E-state index contributed by atoms with van der Waals surface area (Å²) >= 11 is 0. The summed E-state index contributed by atoms with van der Waals surface area (Å²) in [5.41, 5.74) is 1.14. The summed E-state index contributed by atoms with van der Waals surface area (Å²) < 4.78 is 13.1. The molecule has 0 radical (unpaired) electrons. The first-order valence-corrected chi connectivity index (χ1v) is 6.95. The Bertz CT molecular complexity index is 640. The maximum atomic E-state index is 13.1. The molecule has 1 aromatic rings. The zero-order valence-corrected chi connectivity index (χ0v) is 11.5. The molecule has 21 heavy (non-hydrogen) atoms. The van der Waals surface area contributed by atoms with Gasteiger partial charge in [-0.15, -0.1) is 0 Å². The summed E-state index contributed by atoms with van der Waals surface area (Å²) in [6.45, 7) is 1.70. The van der Waals surface area contributed by atoms with Gasteiger partial charge in [0.15, 0.2) is 0 Å². The zero-order valence-electron chi connectivity index (χ0n) is 11.5. The van der Waals surface area contributed by atoms with Crippen LogP contribution in [0.5, 0.6) is 0 Å². The number of anilines is 1. The van der Waals surface area contributed by atoms with E-state index in [2.05, 4.69) is 5.32 Å². The van der Waals surface area contributed by atoms with Crippen LogP contribution >= 0.6 is 0 Å². The highest BCUT2D eigenvalue weighted by Gasteiger charge is 2.51. The molecule has 0 spiro atoms. The molecule has 4 nitrogen and oxygen atoms in total. The molecule has 110 valence electrons. The highest BCUT2D eigenvalue weighted by Crippen LogP contribution is 2.48. The third kappa shape index (κ3) is 2.33. The van der Waals surface area contributed by atoms with E-state index < -0.39 is 17.8 Å². The first kappa shape index (κ1) is 13.8. The summed E-state index contributed by atoms with van der Waals surface area (Å²) in [6.07, 6.45) is 4.56. The molecule has 1 saturated carbocycles. The average Bonchev–Trinajstić information content (AvgIpc) is 3.02. The lowest BCUT2D eigenvalue weighted by atomic mass is 9.82. The molecule has 0 saturated heterocycles. The minimum atomic E-state index is -0.928. The number of carboxylic acids is 1. The van der Waals surface area contributed by atoms with Gasteiger partial charge in [-0.25, -0.2) is 4.39 Å². The van der Waals surface area contributed by atoms with Gasteiger partial charge in [0, 0.05) is 5.69 Å². The molecule has 3 rings (SSSR count). The van der Waals surface area contributed by atoms with Crippen molar-refractivity contribution in [3.8, 4) is 0 Å². The molecule has 2 N–H and O–H groups in total. The van der Waals surface area contributed by atoms with Crippen molar-refractivity contribution in [3.63, 3.8) is 0 Å². The molecular formula is C16H16FNO3. The fourth-order valence-corrected chi connectivity index (χ4v) is 3.50.